The molecule has 0 spiro atoms. The number of nitrogens with zero attached hydrogens (tertiary/aromatic N) is 2. The van der Waals surface area contributed by atoms with Gasteiger partial charge in [0.1, 0.15) is 10.9 Å². The van der Waals surface area contributed by atoms with Crippen LogP contribution in [0.15, 0.2) is 36.4 Å². The molecule has 2 rings (SSSR count). The van der Waals surface area contributed by atoms with Crippen molar-refractivity contribution in [2.75, 3.05) is 6.61 Å². The van der Waals surface area contributed by atoms with Crippen LogP contribution in [0.3, 0.4) is 0 Å². The predicted molar refractivity (Wildman–Crippen MR) is 77.8 cm³/mol. The van der Waals surface area contributed by atoms with Crippen LogP contribution in [-0.4, -0.2) is 16.4 Å². The van der Waals surface area contributed by atoms with Crippen molar-refractivity contribution in [3.63, 3.8) is 0 Å². The lowest BCUT2D eigenvalue weighted by molar-refractivity contribution is 0.298. The lowest BCUT2D eigenvalue weighted by atomic mass is 10.3. The molecule has 0 aliphatic heterocycles. The van der Waals surface area contributed by atoms with Crippen molar-refractivity contribution in [1.82, 2.24) is 9.78 Å². The van der Waals surface area contributed by atoms with Gasteiger partial charge in [0, 0.05) is 13.0 Å². The maximum Gasteiger partial charge on any atom is 0.127 e. The minimum Gasteiger partial charge on any atom is -0.494 e. The molecule has 1 aromatic carbocycles. The molecule has 0 atom stereocenters. The molecule has 0 saturated heterocycles. The number of hydrogen-bond acceptors (Lipinski definition) is 2. The van der Waals surface area contributed by atoms with Crippen molar-refractivity contribution >= 4 is 11.6 Å². The first-order chi connectivity index (χ1) is 9.29. The van der Waals surface area contributed by atoms with Crippen LogP contribution in [-0.2, 0) is 13.0 Å². The first-order valence-electron chi connectivity index (χ1n) is 6.69. The van der Waals surface area contributed by atoms with Gasteiger partial charge in [0.15, 0.2) is 0 Å². The minimum absolute atomic E-state index is 0.670. The fourth-order valence-electron chi connectivity index (χ4n) is 1.90. The van der Waals surface area contributed by atoms with Gasteiger partial charge >= 0.3 is 0 Å². The fraction of sp³-hybridized carbons (Fsp3) is 0.400. The van der Waals surface area contributed by atoms with Crippen molar-refractivity contribution in [3.05, 3.63) is 47.2 Å². The molecule has 19 heavy (non-hydrogen) atoms. The van der Waals surface area contributed by atoms with Crippen LogP contribution < -0.4 is 4.74 Å². The van der Waals surface area contributed by atoms with Crippen LogP contribution in [0.4, 0.5) is 0 Å². The zero-order valence-electron chi connectivity index (χ0n) is 11.2. The second-order valence-electron chi connectivity index (χ2n) is 4.45. The number of aromatic nitrogens is 2. The Morgan fingerprint density at radius 2 is 2.05 bits per heavy atom. The van der Waals surface area contributed by atoms with E-state index >= 15 is 0 Å². The second-order valence-corrected chi connectivity index (χ2v) is 4.83. The van der Waals surface area contributed by atoms with Crippen LogP contribution >= 0.6 is 11.6 Å². The van der Waals surface area contributed by atoms with Gasteiger partial charge in [-0.1, -0.05) is 43.1 Å². The number of rotatable bonds is 7. The number of ether oxygens (including phenoxy) is 1. The minimum atomic E-state index is 0.670. The highest BCUT2D eigenvalue weighted by Gasteiger charge is 2.04. The Morgan fingerprint density at radius 1 is 1.26 bits per heavy atom. The molecule has 0 fully saturated rings. The fourth-order valence-corrected chi connectivity index (χ4v) is 2.15. The Bertz CT molecular complexity index is 496. The molecule has 2 aromatic rings. The van der Waals surface area contributed by atoms with Crippen LogP contribution in [0.5, 0.6) is 5.75 Å². The second kappa shape index (κ2) is 7.19. The molecule has 0 saturated carbocycles. The average molecular weight is 279 g/mol. The lowest BCUT2D eigenvalue weighted by Gasteiger charge is -2.06. The van der Waals surface area contributed by atoms with E-state index in [0.717, 1.165) is 37.3 Å². The Hall–Kier alpha value is -1.48. The number of halogens is 1. The van der Waals surface area contributed by atoms with Gasteiger partial charge in [0.05, 0.1) is 12.3 Å². The first kappa shape index (κ1) is 13.9. The number of hydrogen-bond donors (Lipinski definition) is 0. The van der Waals surface area contributed by atoms with E-state index in [-0.39, 0.29) is 0 Å². The van der Waals surface area contributed by atoms with Gasteiger partial charge in [0.2, 0.25) is 0 Å². The van der Waals surface area contributed by atoms with Crippen molar-refractivity contribution in [2.45, 2.75) is 32.7 Å². The first-order valence-corrected chi connectivity index (χ1v) is 7.07. The molecule has 0 amide bonds. The summed E-state index contributed by atoms with van der Waals surface area (Å²) in [7, 11) is 0. The van der Waals surface area contributed by atoms with Gasteiger partial charge in [-0.15, -0.1) is 0 Å². The van der Waals surface area contributed by atoms with E-state index in [1.165, 1.54) is 0 Å². The summed E-state index contributed by atoms with van der Waals surface area (Å²) in [5.41, 5.74) is 1.07. The zero-order valence-corrected chi connectivity index (χ0v) is 11.9. The quantitative estimate of drug-likeness (QED) is 0.717. The zero-order chi connectivity index (χ0) is 13.5. The third-order valence-corrected chi connectivity index (χ3v) is 3.12. The largest absolute Gasteiger partial charge is 0.494 e. The average Bonchev–Trinajstić information content (AvgIpc) is 2.77. The van der Waals surface area contributed by atoms with Gasteiger partial charge in [-0.3, -0.25) is 4.68 Å². The summed E-state index contributed by atoms with van der Waals surface area (Å²) in [5.74, 6) is 0.903. The molecular weight excluding hydrogens is 260 g/mol. The van der Waals surface area contributed by atoms with Gasteiger partial charge in [-0.05, 0) is 24.6 Å². The van der Waals surface area contributed by atoms with Crippen molar-refractivity contribution in [3.8, 4) is 5.75 Å². The summed E-state index contributed by atoms with van der Waals surface area (Å²) in [6.45, 7) is 3.60. The highest BCUT2D eigenvalue weighted by molar-refractivity contribution is 6.29. The molecule has 0 radical (unpaired) electrons. The smallest absolute Gasteiger partial charge is 0.127 e. The lowest BCUT2D eigenvalue weighted by Crippen LogP contribution is -2.06. The number of para-hydroxylation sites is 1. The molecule has 4 heteroatoms. The maximum absolute atomic E-state index is 6.14. The number of aryl methyl sites for hydroxylation is 2. The SMILES string of the molecule is CCCc1cc(Cl)n(CCCOc2ccccc2)n1. The highest BCUT2D eigenvalue weighted by atomic mass is 35.5. The summed E-state index contributed by atoms with van der Waals surface area (Å²) >= 11 is 6.14. The third kappa shape index (κ3) is 4.28. The van der Waals surface area contributed by atoms with E-state index in [2.05, 4.69) is 12.0 Å². The predicted octanol–water partition coefficient (Wildman–Crippen LogP) is 3.96. The van der Waals surface area contributed by atoms with Crippen LogP contribution in [0.25, 0.3) is 0 Å². The Labute approximate surface area is 119 Å². The normalized spacial score (nSPS) is 10.6. The number of benzene rings is 1. The van der Waals surface area contributed by atoms with Crippen molar-refractivity contribution < 1.29 is 4.74 Å². The monoisotopic (exact) mass is 278 g/mol. The molecule has 1 aromatic heterocycles. The van der Waals surface area contributed by atoms with E-state index in [0.29, 0.717) is 11.8 Å². The summed E-state index contributed by atoms with van der Waals surface area (Å²) in [5, 5.41) is 5.18. The molecule has 1 heterocycles. The maximum atomic E-state index is 6.14. The molecule has 0 aliphatic carbocycles. The van der Waals surface area contributed by atoms with E-state index in [1.54, 1.807) is 0 Å². The van der Waals surface area contributed by atoms with E-state index in [4.69, 9.17) is 16.3 Å². The topological polar surface area (TPSA) is 27.1 Å². The van der Waals surface area contributed by atoms with Crippen LogP contribution in [0, 0.1) is 0 Å². The Morgan fingerprint density at radius 3 is 2.79 bits per heavy atom. The standard InChI is InChI=1S/C15H19ClN2O/c1-2-7-13-12-15(16)18(17-13)10-6-11-19-14-8-4-3-5-9-14/h3-5,8-9,12H,2,6-7,10-11H2,1H3. The molecule has 102 valence electrons. The molecular formula is C15H19ClN2O. The molecule has 3 nitrogen and oxygen atoms in total. The summed E-state index contributed by atoms with van der Waals surface area (Å²) in [4.78, 5) is 0. The highest BCUT2D eigenvalue weighted by Crippen LogP contribution is 2.13. The molecule has 0 aliphatic rings. The molecule has 0 unspecified atom stereocenters. The van der Waals surface area contributed by atoms with Gasteiger partial charge < -0.3 is 4.74 Å². The summed E-state index contributed by atoms with van der Waals surface area (Å²) in [6.07, 6.45) is 2.96. The van der Waals surface area contributed by atoms with Crippen molar-refractivity contribution in [2.24, 2.45) is 0 Å². The Balaban J connectivity index is 1.76. The summed E-state index contributed by atoms with van der Waals surface area (Å²) < 4.78 is 7.49. The van der Waals surface area contributed by atoms with E-state index in [9.17, 15) is 0 Å². The van der Waals surface area contributed by atoms with Crippen LogP contribution in [0.1, 0.15) is 25.5 Å². The third-order valence-electron chi connectivity index (χ3n) is 2.81. The van der Waals surface area contributed by atoms with Gasteiger partial charge in [-0.2, -0.15) is 5.10 Å². The summed E-state index contributed by atoms with van der Waals surface area (Å²) in [6, 6.07) is 11.8. The Kier molecular flexibility index (Phi) is 5.28. The molecule has 0 N–H and O–H groups in total. The van der Waals surface area contributed by atoms with Gasteiger partial charge in [-0.25, -0.2) is 0 Å². The van der Waals surface area contributed by atoms with Crippen LogP contribution in [0.2, 0.25) is 5.15 Å². The van der Waals surface area contributed by atoms with Crippen molar-refractivity contribution in [1.29, 1.82) is 0 Å². The van der Waals surface area contributed by atoms with E-state index in [1.807, 2.05) is 41.1 Å². The van der Waals surface area contributed by atoms with Gasteiger partial charge in [0.25, 0.3) is 0 Å². The van der Waals surface area contributed by atoms with E-state index < -0.39 is 0 Å². The molecule has 0 bridgehead atoms.